The molecule has 0 bridgehead atoms. The van der Waals surface area contributed by atoms with E-state index in [0.29, 0.717) is 12.1 Å². The van der Waals surface area contributed by atoms with Gasteiger partial charge in [-0.1, -0.05) is 0 Å². The molecule has 2 rings (SSSR count). The number of nitrogens with two attached hydrogens (primary N) is 1. The molecule has 1 heterocycles. The summed E-state index contributed by atoms with van der Waals surface area (Å²) in [6.07, 6.45) is 8.54. The van der Waals surface area contributed by atoms with E-state index in [9.17, 15) is 0 Å². The molecule has 13 heavy (non-hydrogen) atoms. The van der Waals surface area contributed by atoms with Crippen LogP contribution in [-0.2, 0) is 0 Å². The van der Waals surface area contributed by atoms with Crippen LogP contribution >= 0.6 is 12.4 Å². The molecule has 74 valence electrons. The molecule has 0 amide bonds. The SMILES string of the molecule is Cl.NC1CCC(n2cccn2)CC1. The minimum absolute atomic E-state index is 0. The molecular formula is C9H16ClN3. The molecule has 1 saturated carbocycles. The number of hydrogen-bond acceptors (Lipinski definition) is 2. The lowest BCUT2D eigenvalue weighted by Crippen LogP contribution is -2.27. The molecule has 2 N–H and O–H groups in total. The van der Waals surface area contributed by atoms with Crippen molar-refractivity contribution in [2.24, 2.45) is 5.73 Å². The van der Waals surface area contributed by atoms with Gasteiger partial charge in [0.05, 0.1) is 6.04 Å². The van der Waals surface area contributed by atoms with Crippen molar-refractivity contribution in [2.45, 2.75) is 37.8 Å². The van der Waals surface area contributed by atoms with E-state index in [4.69, 9.17) is 5.73 Å². The number of aromatic nitrogens is 2. The highest BCUT2D eigenvalue weighted by Gasteiger charge is 2.19. The fraction of sp³-hybridized carbons (Fsp3) is 0.667. The van der Waals surface area contributed by atoms with Gasteiger partial charge in [0, 0.05) is 18.4 Å². The summed E-state index contributed by atoms with van der Waals surface area (Å²) < 4.78 is 2.06. The molecule has 0 radical (unpaired) electrons. The zero-order valence-electron chi connectivity index (χ0n) is 7.60. The van der Waals surface area contributed by atoms with E-state index in [0.717, 1.165) is 12.8 Å². The van der Waals surface area contributed by atoms with Crippen molar-refractivity contribution in [3.63, 3.8) is 0 Å². The smallest absolute Gasteiger partial charge is 0.0520 e. The van der Waals surface area contributed by atoms with Crippen LogP contribution in [0.3, 0.4) is 0 Å². The fourth-order valence-corrected chi connectivity index (χ4v) is 1.86. The second-order valence-corrected chi connectivity index (χ2v) is 3.55. The third kappa shape index (κ3) is 2.45. The minimum Gasteiger partial charge on any atom is -0.328 e. The van der Waals surface area contributed by atoms with E-state index in [1.807, 2.05) is 18.5 Å². The highest BCUT2D eigenvalue weighted by atomic mass is 35.5. The summed E-state index contributed by atoms with van der Waals surface area (Å²) >= 11 is 0. The first-order valence-corrected chi connectivity index (χ1v) is 4.61. The Morgan fingerprint density at radius 1 is 1.23 bits per heavy atom. The maximum Gasteiger partial charge on any atom is 0.0520 e. The summed E-state index contributed by atoms with van der Waals surface area (Å²) in [5.41, 5.74) is 5.82. The highest BCUT2D eigenvalue weighted by molar-refractivity contribution is 5.85. The van der Waals surface area contributed by atoms with E-state index in [1.54, 1.807) is 0 Å². The van der Waals surface area contributed by atoms with Gasteiger partial charge in [0.1, 0.15) is 0 Å². The van der Waals surface area contributed by atoms with E-state index in [1.165, 1.54) is 12.8 Å². The summed E-state index contributed by atoms with van der Waals surface area (Å²) in [4.78, 5) is 0. The van der Waals surface area contributed by atoms with Gasteiger partial charge in [0.25, 0.3) is 0 Å². The Kier molecular flexibility index (Phi) is 3.75. The summed E-state index contributed by atoms with van der Waals surface area (Å²) in [7, 11) is 0. The first-order chi connectivity index (χ1) is 5.86. The zero-order chi connectivity index (χ0) is 8.39. The minimum atomic E-state index is 0. The number of rotatable bonds is 1. The molecule has 1 aliphatic carbocycles. The molecule has 3 nitrogen and oxygen atoms in total. The van der Waals surface area contributed by atoms with Crippen LogP contribution in [0.1, 0.15) is 31.7 Å². The predicted molar refractivity (Wildman–Crippen MR) is 55.0 cm³/mol. The van der Waals surface area contributed by atoms with E-state index < -0.39 is 0 Å². The van der Waals surface area contributed by atoms with Gasteiger partial charge in [-0.15, -0.1) is 12.4 Å². The molecule has 4 heteroatoms. The molecule has 0 unspecified atom stereocenters. The van der Waals surface area contributed by atoms with Crippen molar-refractivity contribution in [1.82, 2.24) is 9.78 Å². The number of nitrogens with zero attached hydrogens (tertiary/aromatic N) is 2. The van der Waals surface area contributed by atoms with Gasteiger partial charge in [-0.05, 0) is 31.7 Å². The molecule has 0 spiro atoms. The lowest BCUT2D eigenvalue weighted by atomic mass is 9.92. The van der Waals surface area contributed by atoms with Crippen molar-refractivity contribution in [3.05, 3.63) is 18.5 Å². The molecule has 0 aromatic carbocycles. The molecule has 1 fully saturated rings. The normalized spacial score (nSPS) is 28.1. The van der Waals surface area contributed by atoms with Crippen LogP contribution in [0.4, 0.5) is 0 Å². The Balaban J connectivity index is 0.000000845. The van der Waals surface area contributed by atoms with Crippen molar-refractivity contribution < 1.29 is 0 Å². The molecular weight excluding hydrogens is 186 g/mol. The average molecular weight is 202 g/mol. The quantitative estimate of drug-likeness (QED) is 0.753. The van der Waals surface area contributed by atoms with Crippen LogP contribution in [0.15, 0.2) is 18.5 Å². The first-order valence-electron chi connectivity index (χ1n) is 4.61. The lowest BCUT2D eigenvalue weighted by Gasteiger charge is -2.26. The van der Waals surface area contributed by atoms with Crippen LogP contribution in [0.2, 0.25) is 0 Å². The maximum absolute atomic E-state index is 5.82. The maximum atomic E-state index is 5.82. The Bertz CT molecular complexity index is 227. The molecule has 0 atom stereocenters. The van der Waals surface area contributed by atoms with Crippen LogP contribution in [0.25, 0.3) is 0 Å². The third-order valence-electron chi connectivity index (χ3n) is 2.64. The zero-order valence-corrected chi connectivity index (χ0v) is 8.41. The number of hydrogen-bond donors (Lipinski definition) is 1. The Morgan fingerprint density at radius 2 is 1.92 bits per heavy atom. The molecule has 1 aromatic heterocycles. The van der Waals surface area contributed by atoms with Crippen LogP contribution in [-0.4, -0.2) is 15.8 Å². The van der Waals surface area contributed by atoms with E-state index in [2.05, 4.69) is 9.78 Å². The van der Waals surface area contributed by atoms with Gasteiger partial charge < -0.3 is 5.73 Å². The third-order valence-corrected chi connectivity index (χ3v) is 2.64. The number of halogens is 1. The van der Waals surface area contributed by atoms with Gasteiger partial charge in [-0.2, -0.15) is 5.10 Å². The topological polar surface area (TPSA) is 43.8 Å². The summed E-state index contributed by atoms with van der Waals surface area (Å²) in [6.45, 7) is 0. The van der Waals surface area contributed by atoms with Gasteiger partial charge in [-0.3, -0.25) is 4.68 Å². The largest absolute Gasteiger partial charge is 0.328 e. The highest BCUT2D eigenvalue weighted by Crippen LogP contribution is 2.26. The molecule has 1 aromatic rings. The van der Waals surface area contributed by atoms with Gasteiger partial charge in [0.2, 0.25) is 0 Å². The Labute approximate surface area is 84.7 Å². The Morgan fingerprint density at radius 3 is 2.46 bits per heavy atom. The van der Waals surface area contributed by atoms with Crippen LogP contribution in [0.5, 0.6) is 0 Å². The summed E-state index contributed by atoms with van der Waals surface area (Å²) in [5, 5.41) is 4.24. The van der Waals surface area contributed by atoms with Crippen molar-refractivity contribution in [2.75, 3.05) is 0 Å². The van der Waals surface area contributed by atoms with Gasteiger partial charge >= 0.3 is 0 Å². The van der Waals surface area contributed by atoms with E-state index >= 15 is 0 Å². The second kappa shape index (κ2) is 4.63. The van der Waals surface area contributed by atoms with E-state index in [-0.39, 0.29) is 12.4 Å². The molecule has 0 aliphatic heterocycles. The van der Waals surface area contributed by atoms with Crippen molar-refractivity contribution in [3.8, 4) is 0 Å². The monoisotopic (exact) mass is 201 g/mol. The summed E-state index contributed by atoms with van der Waals surface area (Å²) in [6, 6.07) is 3.01. The van der Waals surface area contributed by atoms with Crippen molar-refractivity contribution in [1.29, 1.82) is 0 Å². The Hall–Kier alpha value is -0.540. The predicted octanol–water partition coefficient (Wildman–Crippen LogP) is 1.75. The standard InChI is InChI=1S/C9H15N3.ClH/c10-8-2-4-9(5-3-8)12-7-1-6-11-12;/h1,6-9H,2-5,10H2;1H. The van der Waals surface area contributed by atoms with Crippen LogP contribution < -0.4 is 5.73 Å². The lowest BCUT2D eigenvalue weighted by molar-refractivity contribution is 0.304. The average Bonchev–Trinajstić information content (AvgIpc) is 2.58. The molecule has 1 aliphatic rings. The van der Waals surface area contributed by atoms with Crippen LogP contribution in [0, 0.1) is 0 Å². The van der Waals surface area contributed by atoms with Gasteiger partial charge in [-0.25, -0.2) is 0 Å². The summed E-state index contributed by atoms with van der Waals surface area (Å²) in [5.74, 6) is 0. The fourth-order valence-electron chi connectivity index (χ4n) is 1.86. The van der Waals surface area contributed by atoms with Gasteiger partial charge in [0.15, 0.2) is 0 Å². The van der Waals surface area contributed by atoms with Crippen molar-refractivity contribution >= 4 is 12.4 Å². The second-order valence-electron chi connectivity index (χ2n) is 3.55. The molecule has 0 saturated heterocycles. The first kappa shape index (κ1) is 10.5.